The quantitative estimate of drug-likeness (QED) is 0.140. The van der Waals surface area contributed by atoms with E-state index in [1.807, 2.05) is 0 Å². The molecule has 0 unspecified atom stereocenters. The molecule has 2 aliphatic rings. The molecular formula is C72H54N2. The van der Waals surface area contributed by atoms with Gasteiger partial charge in [-0.3, -0.25) is 0 Å². The molecule has 0 spiro atoms. The number of nitrogens with zero attached hydrogens (tertiary/aromatic N) is 2. The fraction of sp³-hybridized carbons (Fsp3) is 0.0833. The van der Waals surface area contributed by atoms with Crippen LogP contribution >= 0.6 is 0 Å². The van der Waals surface area contributed by atoms with Gasteiger partial charge in [0.1, 0.15) is 0 Å². The molecule has 14 rings (SSSR count). The SMILES string of the molecule is CC1(C)c2ccccc2-c2ccc(N(c3ccc(-c4ccccc4)cc3)c3cc(-c4cc5c(c6ccccc46)-c4ccccc4C5(C)C)cc(N(c4ccccc4)c4cc5ccccc5c5ccccc45)c3)cc21. The van der Waals surface area contributed by atoms with Crippen LogP contribution in [0.4, 0.5) is 34.1 Å². The van der Waals surface area contributed by atoms with Crippen LogP contribution in [0.3, 0.4) is 0 Å². The summed E-state index contributed by atoms with van der Waals surface area (Å²) in [6, 6.07) is 95.0. The molecule has 0 saturated carbocycles. The number of fused-ring (bicyclic) bond motifs is 11. The maximum absolute atomic E-state index is 2.52. The average Bonchev–Trinajstić information content (AvgIpc) is 3.89. The topological polar surface area (TPSA) is 6.48 Å². The van der Waals surface area contributed by atoms with Crippen LogP contribution in [0.1, 0.15) is 49.9 Å². The molecule has 74 heavy (non-hydrogen) atoms. The minimum absolute atomic E-state index is 0.188. The van der Waals surface area contributed by atoms with Crippen LogP contribution in [0.2, 0.25) is 0 Å². The lowest BCUT2D eigenvalue weighted by Crippen LogP contribution is -2.17. The molecule has 12 aromatic carbocycles. The minimum Gasteiger partial charge on any atom is -0.310 e. The van der Waals surface area contributed by atoms with E-state index in [2.05, 4.69) is 292 Å². The molecule has 2 nitrogen and oxygen atoms in total. The van der Waals surface area contributed by atoms with Crippen LogP contribution in [-0.2, 0) is 10.8 Å². The highest BCUT2D eigenvalue weighted by atomic mass is 15.2. The molecule has 0 aliphatic heterocycles. The van der Waals surface area contributed by atoms with Gasteiger partial charge in [-0.1, -0.05) is 216 Å². The molecule has 0 radical (unpaired) electrons. The Morgan fingerprint density at radius 1 is 0.257 bits per heavy atom. The normalized spacial score (nSPS) is 13.6. The Morgan fingerprint density at radius 3 is 1.51 bits per heavy atom. The summed E-state index contributed by atoms with van der Waals surface area (Å²) < 4.78 is 0. The largest absolute Gasteiger partial charge is 0.310 e. The Kier molecular flexibility index (Phi) is 9.94. The zero-order valence-corrected chi connectivity index (χ0v) is 42.1. The van der Waals surface area contributed by atoms with Crippen molar-refractivity contribution in [2.45, 2.75) is 38.5 Å². The molecule has 0 fully saturated rings. The standard InChI is InChI=1S/C72H54N2/c1-71(2)65-33-19-17-29-59(65)60-40-39-53(45-67(60)71)73(52-37-35-48(36-38-52)47-21-7-5-8-22-47)54-41-50(64-46-68-70(62-31-16-14-28-58(62)64)63-32-18-20-34-66(63)72(68,3)4)42-55(44-54)74(51-24-9-6-10-25-51)69-43-49-23-11-12-26-56(49)57-27-13-15-30-61(57)69/h5-46H,1-4H3. The summed E-state index contributed by atoms with van der Waals surface area (Å²) >= 11 is 0. The first-order valence-electron chi connectivity index (χ1n) is 26.0. The van der Waals surface area contributed by atoms with Crippen LogP contribution in [0.5, 0.6) is 0 Å². The first-order chi connectivity index (χ1) is 36.2. The Morgan fingerprint density at radius 2 is 0.770 bits per heavy atom. The molecule has 0 atom stereocenters. The Hall–Kier alpha value is -8.98. The molecule has 0 heterocycles. The highest BCUT2D eigenvalue weighted by Crippen LogP contribution is 2.55. The third-order valence-electron chi connectivity index (χ3n) is 16.4. The highest BCUT2D eigenvalue weighted by Gasteiger charge is 2.38. The predicted molar refractivity (Wildman–Crippen MR) is 314 cm³/mol. The van der Waals surface area contributed by atoms with E-state index in [4.69, 9.17) is 0 Å². The molecule has 12 aromatic rings. The van der Waals surface area contributed by atoms with E-state index in [1.165, 1.54) is 93.5 Å². The lowest BCUT2D eigenvalue weighted by molar-refractivity contribution is 0.660. The van der Waals surface area contributed by atoms with Gasteiger partial charge in [-0.05, 0) is 160 Å². The maximum Gasteiger partial charge on any atom is 0.0546 e. The van der Waals surface area contributed by atoms with Crippen molar-refractivity contribution in [2.75, 3.05) is 9.80 Å². The van der Waals surface area contributed by atoms with Crippen molar-refractivity contribution in [1.29, 1.82) is 0 Å². The minimum atomic E-state index is -0.202. The van der Waals surface area contributed by atoms with Crippen LogP contribution in [-0.4, -0.2) is 0 Å². The fourth-order valence-corrected chi connectivity index (χ4v) is 12.7. The predicted octanol–water partition coefficient (Wildman–Crippen LogP) is 20.0. The highest BCUT2D eigenvalue weighted by molar-refractivity contribution is 6.15. The summed E-state index contributed by atoms with van der Waals surface area (Å²) in [7, 11) is 0. The first kappa shape index (κ1) is 43.8. The van der Waals surface area contributed by atoms with Crippen molar-refractivity contribution < 1.29 is 0 Å². The molecular weight excluding hydrogens is 893 g/mol. The molecule has 352 valence electrons. The molecule has 0 aromatic heterocycles. The van der Waals surface area contributed by atoms with E-state index in [-0.39, 0.29) is 10.8 Å². The van der Waals surface area contributed by atoms with Crippen molar-refractivity contribution in [3.05, 3.63) is 277 Å². The molecule has 0 amide bonds. The van der Waals surface area contributed by atoms with Gasteiger partial charge in [0.2, 0.25) is 0 Å². The summed E-state index contributed by atoms with van der Waals surface area (Å²) in [4.78, 5) is 4.99. The van der Waals surface area contributed by atoms with E-state index < -0.39 is 0 Å². The molecule has 0 N–H and O–H groups in total. The fourth-order valence-electron chi connectivity index (χ4n) is 12.7. The Labute approximate surface area is 434 Å². The van der Waals surface area contributed by atoms with E-state index in [0.29, 0.717) is 0 Å². The average molecular weight is 947 g/mol. The second-order valence-electron chi connectivity index (χ2n) is 21.3. The van der Waals surface area contributed by atoms with E-state index in [9.17, 15) is 0 Å². The van der Waals surface area contributed by atoms with Gasteiger partial charge in [0.15, 0.2) is 0 Å². The van der Waals surface area contributed by atoms with Crippen molar-refractivity contribution in [3.8, 4) is 44.5 Å². The van der Waals surface area contributed by atoms with E-state index in [0.717, 1.165) is 39.7 Å². The van der Waals surface area contributed by atoms with Crippen molar-refractivity contribution in [1.82, 2.24) is 0 Å². The summed E-state index contributed by atoms with van der Waals surface area (Å²) in [5.41, 5.74) is 21.6. The lowest BCUT2D eigenvalue weighted by atomic mass is 9.80. The first-order valence-corrected chi connectivity index (χ1v) is 26.0. The zero-order chi connectivity index (χ0) is 49.7. The lowest BCUT2D eigenvalue weighted by Gasteiger charge is -2.32. The molecule has 0 bridgehead atoms. The Balaban J connectivity index is 1.08. The van der Waals surface area contributed by atoms with Crippen molar-refractivity contribution >= 4 is 66.4 Å². The second kappa shape index (κ2) is 16.8. The van der Waals surface area contributed by atoms with Gasteiger partial charge in [-0.2, -0.15) is 0 Å². The summed E-state index contributed by atoms with van der Waals surface area (Å²) in [6.45, 7) is 9.55. The number of rotatable bonds is 8. The van der Waals surface area contributed by atoms with Crippen molar-refractivity contribution in [2.24, 2.45) is 0 Å². The van der Waals surface area contributed by atoms with Gasteiger partial charge in [0, 0.05) is 44.7 Å². The van der Waals surface area contributed by atoms with Crippen LogP contribution in [0.25, 0.3) is 76.8 Å². The van der Waals surface area contributed by atoms with E-state index in [1.54, 1.807) is 0 Å². The number of hydrogen-bond acceptors (Lipinski definition) is 2. The molecule has 2 heteroatoms. The van der Waals surface area contributed by atoms with Crippen molar-refractivity contribution in [3.63, 3.8) is 0 Å². The molecule has 2 aliphatic carbocycles. The summed E-state index contributed by atoms with van der Waals surface area (Å²) in [6.07, 6.45) is 0. The molecule has 0 saturated heterocycles. The number of benzene rings is 12. The maximum atomic E-state index is 2.52. The number of para-hydroxylation sites is 1. The zero-order valence-electron chi connectivity index (χ0n) is 42.1. The van der Waals surface area contributed by atoms with Gasteiger partial charge in [-0.15, -0.1) is 0 Å². The van der Waals surface area contributed by atoms with Gasteiger partial charge < -0.3 is 9.80 Å². The van der Waals surface area contributed by atoms with Gasteiger partial charge in [0.25, 0.3) is 0 Å². The smallest absolute Gasteiger partial charge is 0.0546 e. The third kappa shape index (κ3) is 6.78. The summed E-state index contributed by atoms with van der Waals surface area (Å²) in [5, 5.41) is 7.38. The van der Waals surface area contributed by atoms with Gasteiger partial charge >= 0.3 is 0 Å². The van der Waals surface area contributed by atoms with E-state index >= 15 is 0 Å². The second-order valence-corrected chi connectivity index (χ2v) is 21.3. The van der Waals surface area contributed by atoms with Crippen LogP contribution in [0, 0.1) is 0 Å². The monoisotopic (exact) mass is 946 g/mol. The van der Waals surface area contributed by atoms with Crippen LogP contribution in [0.15, 0.2) is 255 Å². The van der Waals surface area contributed by atoms with Crippen LogP contribution < -0.4 is 9.80 Å². The number of anilines is 6. The van der Waals surface area contributed by atoms with Gasteiger partial charge in [0.05, 0.1) is 5.69 Å². The number of hydrogen-bond donors (Lipinski definition) is 0. The third-order valence-corrected chi connectivity index (χ3v) is 16.4. The summed E-state index contributed by atoms with van der Waals surface area (Å²) in [5.74, 6) is 0. The Bertz CT molecular complexity index is 4190. The van der Waals surface area contributed by atoms with Gasteiger partial charge in [-0.25, -0.2) is 0 Å².